The molecule has 0 aliphatic heterocycles. The molecule has 0 aromatic heterocycles. The van der Waals surface area contributed by atoms with E-state index in [0.29, 0.717) is 25.2 Å². The molecule has 0 bridgehead atoms. The lowest BCUT2D eigenvalue weighted by Crippen LogP contribution is -2.30. The Morgan fingerprint density at radius 3 is 2.52 bits per heavy atom. The van der Waals surface area contributed by atoms with E-state index in [1.165, 1.54) is 14.2 Å². The summed E-state index contributed by atoms with van der Waals surface area (Å²) in [6.07, 6.45) is 0.468. The lowest BCUT2D eigenvalue weighted by atomic mass is 10.1. The van der Waals surface area contributed by atoms with Crippen LogP contribution in [0.1, 0.15) is 16.8 Å². The first-order chi connectivity index (χ1) is 9.70. The van der Waals surface area contributed by atoms with Gasteiger partial charge in [-0.3, -0.25) is 4.79 Å². The predicted octanol–water partition coefficient (Wildman–Crippen LogP) is 2.00. The van der Waals surface area contributed by atoms with Crippen LogP contribution in [-0.2, 0) is 13.8 Å². The molecule has 1 rings (SSSR count). The minimum Gasteiger partial charge on any atom is -0.385 e. The molecule has 0 aliphatic carbocycles. The van der Waals surface area contributed by atoms with Crippen molar-refractivity contribution in [3.05, 3.63) is 29.3 Å². The summed E-state index contributed by atoms with van der Waals surface area (Å²) in [5.41, 5.74) is -0.948. The SMILES string of the molecule is COCCCN(C)C(=O)c1c(F)ccc(S(=O)(=O)Cl)c1F. The van der Waals surface area contributed by atoms with Gasteiger partial charge in [0.05, 0.1) is 0 Å². The molecule has 1 aromatic carbocycles. The van der Waals surface area contributed by atoms with Crippen LogP contribution >= 0.6 is 10.7 Å². The van der Waals surface area contributed by atoms with Crippen LogP contribution in [0, 0.1) is 11.6 Å². The minimum atomic E-state index is -4.41. The summed E-state index contributed by atoms with van der Waals surface area (Å²) in [5, 5.41) is 0. The van der Waals surface area contributed by atoms with Gasteiger partial charge >= 0.3 is 0 Å². The molecule has 0 radical (unpaired) electrons. The summed E-state index contributed by atoms with van der Waals surface area (Å²) in [6, 6.07) is 1.36. The number of amides is 1. The predicted molar refractivity (Wildman–Crippen MR) is 72.9 cm³/mol. The molecule has 0 atom stereocenters. The molecule has 0 saturated heterocycles. The zero-order valence-electron chi connectivity index (χ0n) is 11.4. The summed E-state index contributed by atoms with van der Waals surface area (Å²) in [6.45, 7) is 0.572. The molecular formula is C12H14ClF2NO4S. The van der Waals surface area contributed by atoms with E-state index in [0.717, 1.165) is 4.90 Å². The molecule has 1 aromatic rings. The average molecular weight is 342 g/mol. The molecule has 0 saturated carbocycles. The van der Waals surface area contributed by atoms with E-state index < -0.39 is 37.1 Å². The van der Waals surface area contributed by atoms with Gasteiger partial charge in [0.1, 0.15) is 16.3 Å². The van der Waals surface area contributed by atoms with E-state index in [2.05, 4.69) is 0 Å². The van der Waals surface area contributed by atoms with Gasteiger partial charge in [0.2, 0.25) is 0 Å². The molecule has 0 fully saturated rings. The Morgan fingerprint density at radius 2 is 2.00 bits per heavy atom. The van der Waals surface area contributed by atoms with Gasteiger partial charge in [0, 0.05) is 38.0 Å². The van der Waals surface area contributed by atoms with E-state index in [4.69, 9.17) is 15.4 Å². The van der Waals surface area contributed by atoms with Crippen LogP contribution in [0.5, 0.6) is 0 Å². The third-order valence-electron chi connectivity index (χ3n) is 2.72. The van der Waals surface area contributed by atoms with Crippen molar-refractivity contribution in [2.24, 2.45) is 0 Å². The van der Waals surface area contributed by atoms with Crippen molar-refractivity contribution >= 4 is 25.6 Å². The fourth-order valence-corrected chi connectivity index (χ4v) is 2.56. The first kappa shape index (κ1) is 17.8. The zero-order chi connectivity index (χ0) is 16.2. The third kappa shape index (κ3) is 4.36. The molecule has 0 unspecified atom stereocenters. The maximum absolute atomic E-state index is 14.1. The van der Waals surface area contributed by atoms with Crippen LogP contribution in [0.2, 0.25) is 0 Å². The van der Waals surface area contributed by atoms with E-state index >= 15 is 0 Å². The fourth-order valence-electron chi connectivity index (χ4n) is 1.66. The van der Waals surface area contributed by atoms with E-state index in [1.54, 1.807) is 0 Å². The van der Waals surface area contributed by atoms with E-state index in [-0.39, 0.29) is 6.54 Å². The van der Waals surface area contributed by atoms with Gasteiger partial charge in [-0.25, -0.2) is 17.2 Å². The Morgan fingerprint density at radius 1 is 1.38 bits per heavy atom. The number of ether oxygens (including phenoxy) is 1. The molecule has 9 heteroatoms. The molecular weight excluding hydrogens is 328 g/mol. The smallest absolute Gasteiger partial charge is 0.264 e. The number of hydrogen-bond acceptors (Lipinski definition) is 4. The van der Waals surface area contributed by atoms with Gasteiger partial charge in [0.25, 0.3) is 15.0 Å². The second-order valence-electron chi connectivity index (χ2n) is 4.25. The Kier molecular flexibility index (Phi) is 6.06. The highest BCUT2D eigenvalue weighted by Gasteiger charge is 2.27. The fraction of sp³-hybridized carbons (Fsp3) is 0.417. The first-order valence-corrected chi connectivity index (χ1v) is 8.18. The van der Waals surface area contributed by atoms with Gasteiger partial charge < -0.3 is 9.64 Å². The monoisotopic (exact) mass is 341 g/mol. The maximum atomic E-state index is 14.1. The topological polar surface area (TPSA) is 63.7 Å². The summed E-state index contributed by atoms with van der Waals surface area (Å²) in [7, 11) is 3.46. The van der Waals surface area contributed by atoms with Crippen LogP contribution < -0.4 is 0 Å². The molecule has 118 valence electrons. The van der Waals surface area contributed by atoms with Crippen LogP contribution in [-0.4, -0.2) is 46.5 Å². The second kappa shape index (κ2) is 7.15. The summed E-state index contributed by atoms with van der Waals surface area (Å²) in [5.74, 6) is -3.61. The van der Waals surface area contributed by atoms with Crippen molar-refractivity contribution in [1.82, 2.24) is 4.90 Å². The Bertz CT molecular complexity index is 636. The highest BCUT2D eigenvalue weighted by molar-refractivity contribution is 8.13. The maximum Gasteiger partial charge on any atom is 0.264 e. The average Bonchev–Trinajstić information content (AvgIpc) is 2.37. The van der Waals surface area contributed by atoms with Crippen molar-refractivity contribution in [2.45, 2.75) is 11.3 Å². The molecule has 0 spiro atoms. The number of hydrogen-bond donors (Lipinski definition) is 0. The quantitative estimate of drug-likeness (QED) is 0.586. The normalized spacial score (nSPS) is 11.5. The van der Waals surface area contributed by atoms with Gasteiger partial charge in [-0.05, 0) is 18.6 Å². The number of benzene rings is 1. The summed E-state index contributed by atoms with van der Waals surface area (Å²) in [4.78, 5) is 12.2. The molecule has 0 N–H and O–H groups in total. The lowest BCUT2D eigenvalue weighted by Gasteiger charge is -2.18. The number of carbonyl (C=O) groups is 1. The Hall–Kier alpha value is -1.25. The molecule has 0 heterocycles. The summed E-state index contributed by atoms with van der Waals surface area (Å²) < 4.78 is 54.9. The Balaban J connectivity index is 3.15. The van der Waals surface area contributed by atoms with Gasteiger partial charge in [-0.15, -0.1) is 0 Å². The van der Waals surface area contributed by atoms with E-state index in [1.807, 2.05) is 0 Å². The number of methoxy groups -OCH3 is 1. The minimum absolute atomic E-state index is 0.198. The van der Waals surface area contributed by atoms with Crippen molar-refractivity contribution < 1.29 is 26.7 Å². The van der Waals surface area contributed by atoms with Crippen molar-refractivity contribution in [1.29, 1.82) is 0 Å². The van der Waals surface area contributed by atoms with Gasteiger partial charge in [-0.2, -0.15) is 0 Å². The lowest BCUT2D eigenvalue weighted by molar-refractivity contribution is 0.0769. The highest BCUT2D eigenvalue weighted by Crippen LogP contribution is 2.24. The summed E-state index contributed by atoms with van der Waals surface area (Å²) >= 11 is 0. The largest absolute Gasteiger partial charge is 0.385 e. The van der Waals surface area contributed by atoms with Crippen LogP contribution in [0.3, 0.4) is 0 Å². The van der Waals surface area contributed by atoms with Crippen LogP contribution in [0.15, 0.2) is 17.0 Å². The molecule has 5 nitrogen and oxygen atoms in total. The first-order valence-electron chi connectivity index (χ1n) is 5.87. The van der Waals surface area contributed by atoms with Gasteiger partial charge in [-0.1, -0.05) is 0 Å². The number of rotatable bonds is 6. The van der Waals surface area contributed by atoms with Crippen molar-refractivity contribution in [3.8, 4) is 0 Å². The third-order valence-corrected chi connectivity index (χ3v) is 4.06. The molecule has 0 aliphatic rings. The second-order valence-corrected chi connectivity index (χ2v) is 6.78. The van der Waals surface area contributed by atoms with E-state index in [9.17, 15) is 22.0 Å². The highest BCUT2D eigenvalue weighted by atomic mass is 35.7. The Labute approximate surface area is 125 Å². The molecule has 1 amide bonds. The van der Waals surface area contributed by atoms with Crippen molar-refractivity contribution in [3.63, 3.8) is 0 Å². The van der Waals surface area contributed by atoms with Crippen LogP contribution in [0.25, 0.3) is 0 Å². The number of carbonyl (C=O) groups excluding carboxylic acids is 1. The standard InChI is InChI=1S/C12H14ClF2NO4S/c1-16(6-3-7-20-2)12(17)10-8(14)4-5-9(11(10)15)21(13,18)19/h4-5H,3,6-7H2,1-2H3. The van der Waals surface area contributed by atoms with Crippen molar-refractivity contribution in [2.75, 3.05) is 27.3 Å². The van der Waals surface area contributed by atoms with Gasteiger partial charge in [0.15, 0.2) is 5.82 Å². The molecule has 21 heavy (non-hydrogen) atoms. The van der Waals surface area contributed by atoms with Crippen LogP contribution in [0.4, 0.5) is 8.78 Å². The number of halogens is 3. The zero-order valence-corrected chi connectivity index (χ0v) is 13.0. The number of nitrogens with zero attached hydrogens (tertiary/aromatic N) is 1.